The smallest absolute Gasteiger partial charge is 0.263 e. The van der Waals surface area contributed by atoms with Gasteiger partial charge in [-0.2, -0.15) is 4.57 Å². The molecule has 1 aliphatic carbocycles. The van der Waals surface area contributed by atoms with E-state index in [0.29, 0.717) is 41.6 Å². The molecule has 0 unspecified atom stereocenters. The quantitative estimate of drug-likeness (QED) is 0.0763. The second-order valence-electron chi connectivity index (χ2n) is 13.5. The summed E-state index contributed by atoms with van der Waals surface area (Å²) in [5.41, 5.74) is 5.72. The molecule has 0 radical (unpaired) electrons. The van der Waals surface area contributed by atoms with Crippen LogP contribution in [0.3, 0.4) is 0 Å². The maximum Gasteiger partial charge on any atom is 0.263 e. The Balaban J connectivity index is 1.07. The molecule has 1 N–H and O–H groups in total. The number of benzene rings is 6. The van der Waals surface area contributed by atoms with Crippen molar-refractivity contribution in [2.45, 2.75) is 12.3 Å². The second kappa shape index (κ2) is 16.3. The molecule has 274 valence electrons. The van der Waals surface area contributed by atoms with Gasteiger partial charge in [0.15, 0.2) is 18.1 Å². The molecule has 6 aromatic carbocycles. The number of thioether (sulfide) groups is 1. The van der Waals surface area contributed by atoms with Gasteiger partial charge in [-0.25, -0.2) is 0 Å². The number of ketones is 1. The molecular weight excluding hydrogens is 748 g/mol. The number of anilines is 1. The number of β-amino-alcohol motifs (C(OH)–C–C–N with tert-alkyl or cyclic N) is 1. The van der Waals surface area contributed by atoms with Gasteiger partial charge in [0.1, 0.15) is 4.70 Å². The summed E-state index contributed by atoms with van der Waals surface area (Å²) in [6, 6.07) is 57.1. The highest BCUT2D eigenvalue weighted by atomic mass is 32.2. The molecule has 0 fully saturated rings. The molecule has 0 bridgehead atoms. The Labute approximate surface area is 336 Å². The Bertz CT molecular complexity index is 2580. The monoisotopic (exact) mass is 785 g/mol. The second-order valence-corrected chi connectivity index (χ2v) is 17.8. The van der Waals surface area contributed by atoms with Crippen LogP contribution in [0.25, 0.3) is 16.3 Å². The minimum atomic E-state index is -0.702. The van der Waals surface area contributed by atoms with Gasteiger partial charge in [0.2, 0.25) is 11.4 Å². The lowest BCUT2D eigenvalue weighted by molar-refractivity contribution is -0.659. The first-order chi connectivity index (χ1) is 27.6. The molecule has 56 heavy (non-hydrogen) atoms. The lowest BCUT2D eigenvalue weighted by Gasteiger charge is -2.25. The first-order valence-corrected chi connectivity index (χ1v) is 21.7. The third kappa shape index (κ3) is 7.27. The highest BCUT2D eigenvalue weighted by molar-refractivity contribution is 8.02. The summed E-state index contributed by atoms with van der Waals surface area (Å²) in [4.78, 5) is 17.2. The van der Waals surface area contributed by atoms with E-state index < -0.39 is 7.92 Å². The number of para-hydroxylation sites is 3. The normalized spacial score (nSPS) is 15.2. The molecule has 8 heteroatoms. The van der Waals surface area contributed by atoms with Crippen LogP contribution in [0, 0.1) is 0 Å². The molecule has 0 saturated heterocycles. The Kier molecular flexibility index (Phi) is 10.5. The zero-order valence-electron chi connectivity index (χ0n) is 30.5. The number of carbonyl (C=O) groups is 1. The zero-order chi connectivity index (χ0) is 37.8. The van der Waals surface area contributed by atoms with Gasteiger partial charge in [-0.15, -0.1) is 11.8 Å². The van der Waals surface area contributed by atoms with Crippen molar-refractivity contribution < 1.29 is 19.2 Å². The van der Waals surface area contributed by atoms with Gasteiger partial charge >= 0.3 is 0 Å². The number of aliphatic hydroxyl groups excluding tert-OH is 1. The van der Waals surface area contributed by atoms with Gasteiger partial charge in [-0.3, -0.25) is 4.79 Å². The molecule has 5 nitrogen and oxygen atoms in total. The van der Waals surface area contributed by atoms with Crippen molar-refractivity contribution in [3.63, 3.8) is 0 Å². The van der Waals surface area contributed by atoms with Crippen molar-refractivity contribution in [1.82, 2.24) is 0 Å². The molecule has 2 aliphatic rings. The fourth-order valence-electron chi connectivity index (χ4n) is 7.18. The highest BCUT2D eigenvalue weighted by Gasteiger charge is 2.37. The summed E-state index contributed by atoms with van der Waals surface area (Å²) in [5, 5.41) is 14.9. The SMILES string of the molecule is O=C1C(/C=C2/Oc3ccccc3N2CCO)=C(SCc2ccc(P(c3ccccc3)c3ccccc3)cc2)C/1=C\c1sc2ccccc2[n+]1Cc1ccccc1. The molecular formula is C48H38N2O3PS2+. The Morgan fingerprint density at radius 2 is 1.32 bits per heavy atom. The van der Waals surface area contributed by atoms with Crippen LogP contribution in [0.2, 0.25) is 0 Å². The van der Waals surface area contributed by atoms with Crippen LogP contribution in [-0.2, 0) is 17.1 Å². The van der Waals surface area contributed by atoms with E-state index in [-0.39, 0.29) is 12.4 Å². The van der Waals surface area contributed by atoms with E-state index in [9.17, 15) is 9.90 Å². The summed E-state index contributed by atoms with van der Waals surface area (Å²) in [6.45, 7) is 1.01. The molecule has 1 aliphatic heterocycles. The van der Waals surface area contributed by atoms with Crippen LogP contribution < -0.4 is 30.1 Å². The minimum Gasteiger partial charge on any atom is -0.439 e. The van der Waals surface area contributed by atoms with E-state index in [0.717, 1.165) is 21.1 Å². The van der Waals surface area contributed by atoms with E-state index in [2.05, 4.69) is 144 Å². The third-order valence-corrected chi connectivity index (χ3v) is 14.7. The summed E-state index contributed by atoms with van der Waals surface area (Å²) in [5.74, 6) is 1.93. The predicted octanol–water partition coefficient (Wildman–Crippen LogP) is 8.88. The maximum absolute atomic E-state index is 14.3. The number of nitrogens with zero attached hydrogens (tertiary/aromatic N) is 2. The lowest BCUT2D eigenvalue weighted by Crippen LogP contribution is -2.36. The van der Waals surface area contributed by atoms with Crippen LogP contribution in [0.1, 0.15) is 16.1 Å². The summed E-state index contributed by atoms with van der Waals surface area (Å²) >= 11 is 3.38. The topological polar surface area (TPSA) is 53.6 Å². The number of aliphatic hydroxyl groups is 1. The molecule has 0 amide bonds. The number of fused-ring (bicyclic) bond motifs is 2. The summed E-state index contributed by atoms with van der Waals surface area (Å²) in [6.07, 6.45) is 3.93. The fourth-order valence-corrected chi connectivity index (χ4v) is 11.7. The number of aromatic nitrogens is 1. The van der Waals surface area contributed by atoms with Crippen LogP contribution >= 0.6 is 31.0 Å². The van der Waals surface area contributed by atoms with Gasteiger partial charge in [0, 0.05) is 52.1 Å². The number of hydrogen-bond acceptors (Lipinski definition) is 6. The van der Waals surface area contributed by atoms with Gasteiger partial charge in [0.05, 0.1) is 12.3 Å². The van der Waals surface area contributed by atoms with Gasteiger partial charge in [-0.1, -0.05) is 151 Å². The van der Waals surface area contributed by atoms with Crippen LogP contribution in [0.15, 0.2) is 192 Å². The fraction of sp³-hybridized carbons (Fsp3) is 0.0833. The maximum atomic E-state index is 14.3. The molecule has 7 aromatic rings. The number of rotatable bonds is 12. The van der Waals surface area contributed by atoms with Crippen molar-refractivity contribution in [2.24, 2.45) is 0 Å². The molecule has 9 rings (SSSR count). The van der Waals surface area contributed by atoms with Crippen LogP contribution in [0.4, 0.5) is 5.69 Å². The van der Waals surface area contributed by atoms with E-state index in [4.69, 9.17) is 4.74 Å². The number of Topliss-reactive ketones (excluding diaryl/α,β-unsaturated/α-hetero) is 1. The summed E-state index contributed by atoms with van der Waals surface area (Å²) in [7, 11) is -0.702. The van der Waals surface area contributed by atoms with Crippen LogP contribution in [-0.4, -0.2) is 24.0 Å². The zero-order valence-corrected chi connectivity index (χ0v) is 33.0. The number of hydrogen-bond donors (Lipinski definition) is 1. The van der Waals surface area contributed by atoms with Gasteiger partial charge < -0.3 is 14.7 Å². The Hall–Kier alpha value is -5.56. The Morgan fingerprint density at radius 3 is 2.04 bits per heavy atom. The first kappa shape index (κ1) is 36.1. The average molecular weight is 786 g/mol. The van der Waals surface area contributed by atoms with E-state index in [1.165, 1.54) is 31.7 Å². The molecule has 1 aromatic heterocycles. The highest BCUT2D eigenvalue weighted by Crippen LogP contribution is 2.45. The van der Waals surface area contributed by atoms with Crippen molar-refractivity contribution in [3.05, 3.63) is 208 Å². The number of thiazole rings is 1. The molecule has 0 saturated carbocycles. The average Bonchev–Trinajstić information content (AvgIpc) is 3.78. The van der Waals surface area contributed by atoms with E-state index in [1.807, 2.05) is 41.3 Å². The number of allylic oxidation sites excluding steroid dienone is 3. The molecule has 0 atom stereocenters. The van der Waals surface area contributed by atoms with Crippen molar-refractivity contribution in [1.29, 1.82) is 0 Å². The van der Waals surface area contributed by atoms with Gasteiger partial charge in [0.25, 0.3) is 5.01 Å². The minimum absolute atomic E-state index is 0.0149. The molecule has 2 heterocycles. The van der Waals surface area contributed by atoms with Crippen molar-refractivity contribution in [2.75, 3.05) is 18.1 Å². The van der Waals surface area contributed by atoms with Gasteiger partial charge in [-0.05, 0) is 47.6 Å². The molecule has 0 spiro atoms. The standard InChI is InChI=1S/C48H38N2O3PS2/c51-29-28-49-41-20-10-12-22-43(41)53-45(49)30-39-47(52)40(31-46-50(32-34-14-4-1-5-15-34)42-21-11-13-23-44(42)56-46)48(39)55-33-35-24-26-38(27-25-35)54(36-16-6-2-7-17-36)37-18-8-3-9-19-37/h1-27,30-31,51H,28-29,32-33H2/q+1. The number of ether oxygens (including phenoxy) is 1. The van der Waals surface area contributed by atoms with Crippen molar-refractivity contribution >= 4 is 74.7 Å². The summed E-state index contributed by atoms with van der Waals surface area (Å²) < 4.78 is 9.77. The first-order valence-electron chi connectivity index (χ1n) is 18.6. The Morgan fingerprint density at radius 1 is 0.696 bits per heavy atom. The lowest BCUT2D eigenvalue weighted by atomic mass is 9.89. The van der Waals surface area contributed by atoms with Crippen LogP contribution in [0.5, 0.6) is 5.75 Å². The third-order valence-electron chi connectivity index (χ3n) is 9.90. The van der Waals surface area contributed by atoms with E-state index >= 15 is 0 Å². The van der Waals surface area contributed by atoms with E-state index in [1.54, 1.807) is 23.1 Å². The number of carbonyl (C=O) groups excluding carboxylic acids is 1. The predicted molar refractivity (Wildman–Crippen MR) is 234 cm³/mol. The largest absolute Gasteiger partial charge is 0.439 e. The van der Waals surface area contributed by atoms with Crippen molar-refractivity contribution in [3.8, 4) is 5.75 Å².